The summed E-state index contributed by atoms with van der Waals surface area (Å²) in [6, 6.07) is 6.00. The molecule has 3 heteroatoms. The van der Waals surface area contributed by atoms with E-state index in [2.05, 4.69) is 27.8 Å². The summed E-state index contributed by atoms with van der Waals surface area (Å²) in [6.45, 7) is 6.13. The van der Waals surface area contributed by atoms with Gasteiger partial charge in [0.25, 0.3) is 0 Å². The average molecular weight is 294 g/mol. The van der Waals surface area contributed by atoms with Crippen molar-refractivity contribution >= 4 is 15.9 Å². The van der Waals surface area contributed by atoms with Crippen LogP contribution in [-0.4, -0.2) is 4.98 Å². The zero-order chi connectivity index (χ0) is 12.4. The molecule has 0 amide bonds. The Kier molecular flexibility index (Phi) is 3.67. The number of rotatable bonds is 3. The van der Waals surface area contributed by atoms with E-state index >= 15 is 0 Å². The molecule has 2 aromatic rings. The fourth-order valence-electron chi connectivity index (χ4n) is 2.07. The molecule has 0 aliphatic rings. The van der Waals surface area contributed by atoms with E-state index in [4.69, 9.17) is 4.42 Å². The van der Waals surface area contributed by atoms with E-state index < -0.39 is 0 Å². The van der Waals surface area contributed by atoms with Crippen molar-refractivity contribution in [1.82, 2.24) is 4.98 Å². The number of halogens is 1. The van der Waals surface area contributed by atoms with E-state index in [-0.39, 0.29) is 4.83 Å². The molecule has 90 valence electrons. The van der Waals surface area contributed by atoms with Gasteiger partial charge in [0.2, 0.25) is 0 Å². The summed E-state index contributed by atoms with van der Waals surface area (Å²) in [5.41, 5.74) is 3.58. The number of hydrogen-bond donors (Lipinski definition) is 0. The molecule has 0 saturated heterocycles. The summed E-state index contributed by atoms with van der Waals surface area (Å²) >= 11 is 3.74. The second kappa shape index (κ2) is 5.05. The maximum atomic E-state index is 5.65. The highest BCUT2D eigenvalue weighted by Crippen LogP contribution is 2.34. The largest absolute Gasteiger partial charge is 0.466 e. The lowest BCUT2D eigenvalue weighted by atomic mass is 10.0. The maximum absolute atomic E-state index is 5.65. The van der Waals surface area contributed by atoms with Crippen molar-refractivity contribution in [2.75, 3.05) is 0 Å². The van der Waals surface area contributed by atoms with Gasteiger partial charge in [-0.15, -0.1) is 0 Å². The third-order valence-corrected chi connectivity index (χ3v) is 3.83. The second-order valence-electron chi connectivity index (χ2n) is 4.25. The van der Waals surface area contributed by atoms with Gasteiger partial charge in [-0.2, -0.15) is 0 Å². The van der Waals surface area contributed by atoms with Crippen molar-refractivity contribution in [2.45, 2.75) is 32.0 Å². The molecule has 2 heterocycles. The van der Waals surface area contributed by atoms with Gasteiger partial charge in [0, 0.05) is 28.7 Å². The van der Waals surface area contributed by atoms with E-state index in [9.17, 15) is 0 Å². The van der Waals surface area contributed by atoms with Crippen LogP contribution in [0.4, 0.5) is 0 Å². The second-order valence-corrected chi connectivity index (χ2v) is 5.35. The highest BCUT2D eigenvalue weighted by atomic mass is 79.9. The normalized spacial score (nSPS) is 12.7. The number of hydrogen-bond acceptors (Lipinski definition) is 2. The topological polar surface area (TPSA) is 26.0 Å². The molecule has 1 unspecified atom stereocenters. The first-order valence-corrected chi connectivity index (χ1v) is 6.61. The number of aromatic nitrogens is 1. The van der Waals surface area contributed by atoms with Crippen molar-refractivity contribution < 1.29 is 4.42 Å². The first-order chi connectivity index (χ1) is 8.09. The summed E-state index contributed by atoms with van der Waals surface area (Å²) in [7, 11) is 0. The van der Waals surface area contributed by atoms with Gasteiger partial charge in [-0.25, -0.2) is 0 Å². The molecule has 0 spiro atoms. The Hall–Kier alpha value is -1.09. The van der Waals surface area contributed by atoms with Crippen LogP contribution in [0.25, 0.3) is 0 Å². The van der Waals surface area contributed by atoms with Crippen LogP contribution >= 0.6 is 15.9 Å². The van der Waals surface area contributed by atoms with Crippen LogP contribution in [0.2, 0.25) is 0 Å². The third-order valence-electron chi connectivity index (χ3n) is 3.05. The Bertz CT molecular complexity index is 504. The highest BCUT2D eigenvalue weighted by Gasteiger charge is 2.19. The predicted octanol–water partition coefficient (Wildman–Crippen LogP) is 4.28. The summed E-state index contributed by atoms with van der Waals surface area (Å²) in [5, 5.41) is 0. The molecule has 0 aliphatic heterocycles. The van der Waals surface area contributed by atoms with Gasteiger partial charge in [-0.3, -0.25) is 4.98 Å². The minimum atomic E-state index is 0.259. The summed E-state index contributed by atoms with van der Waals surface area (Å²) in [6.07, 6.45) is 2.71. The SMILES string of the molecule is Cc1oc(C)c(C(Br)Cc2ccccn2)c1C. The fourth-order valence-corrected chi connectivity index (χ4v) is 3.07. The van der Waals surface area contributed by atoms with E-state index in [1.165, 1.54) is 11.1 Å². The third kappa shape index (κ3) is 2.60. The first kappa shape index (κ1) is 12.4. The molecule has 0 radical (unpaired) electrons. The number of pyridine rings is 1. The number of alkyl halides is 1. The molecule has 0 aliphatic carbocycles. The molecule has 2 aromatic heterocycles. The van der Waals surface area contributed by atoms with E-state index in [1.54, 1.807) is 0 Å². The molecule has 2 rings (SSSR count). The monoisotopic (exact) mass is 293 g/mol. The van der Waals surface area contributed by atoms with Crippen LogP contribution in [0.3, 0.4) is 0 Å². The van der Waals surface area contributed by atoms with Gasteiger partial charge in [-0.05, 0) is 38.5 Å². The molecular formula is C14H16BrNO. The molecule has 0 N–H and O–H groups in total. The Morgan fingerprint density at radius 3 is 2.53 bits per heavy atom. The Balaban J connectivity index is 2.23. The van der Waals surface area contributed by atoms with Crippen LogP contribution in [-0.2, 0) is 6.42 Å². The first-order valence-electron chi connectivity index (χ1n) is 5.70. The smallest absolute Gasteiger partial charge is 0.105 e. The number of nitrogens with zero attached hydrogens (tertiary/aromatic N) is 1. The van der Waals surface area contributed by atoms with Crippen LogP contribution < -0.4 is 0 Å². The molecule has 2 nitrogen and oxygen atoms in total. The molecule has 0 saturated carbocycles. The van der Waals surface area contributed by atoms with Crippen LogP contribution in [0, 0.1) is 20.8 Å². The molecule has 0 aromatic carbocycles. The van der Waals surface area contributed by atoms with E-state index in [0.717, 1.165) is 23.6 Å². The van der Waals surface area contributed by atoms with Crippen molar-refractivity contribution in [3.8, 4) is 0 Å². The Morgan fingerprint density at radius 2 is 2.00 bits per heavy atom. The summed E-state index contributed by atoms with van der Waals surface area (Å²) < 4.78 is 5.65. The molecule has 0 bridgehead atoms. The van der Waals surface area contributed by atoms with Gasteiger partial charge >= 0.3 is 0 Å². The molecule has 0 fully saturated rings. The molecule has 17 heavy (non-hydrogen) atoms. The summed E-state index contributed by atoms with van der Waals surface area (Å²) in [4.78, 5) is 4.61. The minimum Gasteiger partial charge on any atom is -0.466 e. The van der Waals surface area contributed by atoms with Crippen LogP contribution in [0.1, 0.15) is 33.2 Å². The lowest BCUT2D eigenvalue weighted by Gasteiger charge is -2.09. The standard InChI is InChI=1S/C14H16BrNO/c1-9-10(2)17-11(3)14(9)13(15)8-12-6-4-5-7-16-12/h4-7,13H,8H2,1-3H3. The van der Waals surface area contributed by atoms with Gasteiger partial charge in [0.05, 0.1) is 0 Å². The quantitative estimate of drug-likeness (QED) is 0.790. The predicted molar refractivity (Wildman–Crippen MR) is 72.5 cm³/mol. The Morgan fingerprint density at radius 1 is 1.24 bits per heavy atom. The lowest BCUT2D eigenvalue weighted by Crippen LogP contribution is -1.99. The minimum absolute atomic E-state index is 0.259. The molecular weight excluding hydrogens is 278 g/mol. The Labute approximate surface area is 110 Å². The van der Waals surface area contributed by atoms with Crippen molar-refractivity contribution in [3.63, 3.8) is 0 Å². The van der Waals surface area contributed by atoms with E-state index in [0.29, 0.717) is 0 Å². The van der Waals surface area contributed by atoms with Crippen molar-refractivity contribution in [1.29, 1.82) is 0 Å². The molecule has 1 atom stereocenters. The lowest BCUT2D eigenvalue weighted by molar-refractivity contribution is 0.499. The maximum Gasteiger partial charge on any atom is 0.105 e. The fraction of sp³-hybridized carbons (Fsp3) is 0.357. The van der Waals surface area contributed by atoms with Gasteiger partial charge in [0.15, 0.2) is 0 Å². The van der Waals surface area contributed by atoms with E-state index in [1.807, 2.05) is 38.2 Å². The van der Waals surface area contributed by atoms with Gasteiger partial charge < -0.3 is 4.42 Å². The van der Waals surface area contributed by atoms with Crippen LogP contribution in [0.15, 0.2) is 28.8 Å². The average Bonchev–Trinajstić information content (AvgIpc) is 2.54. The number of aryl methyl sites for hydroxylation is 2. The summed E-state index contributed by atoms with van der Waals surface area (Å²) in [5.74, 6) is 2.00. The van der Waals surface area contributed by atoms with Gasteiger partial charge in [-0.1, -0.05) is 22.0 Å². The van der Waals surface area contributed by atoms with Crippen LogP contribution in [0.5, 0.6) is 0 Å². The van der Waals surface area contributed by atoms with Crippen molar-refractivity contribution in [2.24, 2.45) is 0 Å². The zero-order valence-corrected chi connectivity index (χ0v) is 11.9. The zero-order valence-electron chi connectivity index (χ0n) is 10.3. The number of furan rings is 1. The van der Waals surface area contributed by atoms with Crippen molar-refractivity contribution in [3.05, 3.63) is 52.7 Å². The highest BCUT2D eigenvalue weighted by molar-refractivity contribution is 9.09. The van der Waals surface area contributed by atoms with Gasteiger partial charge in [0.1, 0.15) is 11.5 Å².